The monoisotopic (exact) mass is 159 g/mol. The first-order valence-electron chi connectivity index (χ1n) is 3.54. The molecule has 3 heteroatoms. The van der Waals surface area contributed by atoms with Gasteiger partial charge in [0.25, 0.3) is 0 Å². The lowest BCUT2D eigenvalue weighted by Crippen LogP contribution is -1.92. The van der Waals surface area contributed by atoms with Gasteiger partial charge < -0.3 is 4.85 Å². The SMILES string of the molecule is [C-]#[N+]c1nn(C)c(C)c1C#CC. The molecule has 0 amide bonds. The lowest BCUT2D eigenvalue weighted by Gasteiger charge is -1.88. The highest BCUT2D eigenvalue weighted by molar-refractivity contribution is 5.57. The summed E-state index contributed by atoms with van der Waals surface area (Å²) in [7, 11) is 1.81. The van der Waals surface area contributed by atoms with Gasteiger partial charge in [-0.1, -0.05) is 12.5 Å². The summed E-state index contributed by atoms with van der Waals surface area (Å²) in [6.07, 6.45) is 0. The molecule has 0 unspecified atom stereocenters. The highest BCUT2D eigenvalue weighted by Crippen LogP contribution is 2.18. The normalized spacial score (nSPS) is 8.50. The van der Waals surface area contributed by atoms with Crippen LogP contribution in [0.1, 0.15) is 18.2 Å². The van der Waals surface area contributed by atoms with E-state index in [2.05, 4.69) is 21.8 Å². The lowest BCUT2D eigenvalue weighted by atomic mass is 10.2. The first-order valence-corrected chi connectivity index (χ1v) is 3.54. The molecule has 0 N–H and O–H groups in total. The standard InChI is InChI=1S/C9H9N3/c1-5-6-8-7(2)12(4)11-9(8)10-3/h1-2,4H3. The Balaban J connectivity index is 3.40. The zero-order valence-corrected chi connectivity index (χ0v) is 7.34. The van der Waals surface area contributed by atoms with Crippen LogP contribution in [-0.4, -0.2) is 9.78 Å². The molecule has 60 valence electrons. The minimum atomic E-state index is 0.393. The van der Waals surface area contributed by atoms with Crippen molar-refractivity contribution in [3.05, 3.63) is 22.7 Å². The van der Waals surface area contributed by atoms with E-state index in [-0.39, 0.29) is 0 Å². The predicted octanol–water partition coefficient (Wildman–Crippen LogP) is 1.65. The molecule has 1 aromatic heterocycles. The molecule has 3 nitrogen and oxygen atoms in total. The molecule has 0 saturated carbocycles. The van der Waals surface area contributed by atoms with Gasteiger partial charge in [0.15, 0.2) is 0 Å². The van der Waals surface area contributed by atoms with E-state index in [0.29, 0.717) is 5.82 Å². The third kappa shape index (κ3) is 1.17. The quantitative estimate of drug-likeness (QED) is 0.417. The van der Waals surface area contributed by atoms with Crippen LogP contribution in [0.2, 0.25) is 0 Å². The van der Waals surface area contributed by atoms with Crippen LogP contribution in [0.5, 0.6) is 0 Å². The largest absolute Gasteiger partial charge is 0.358 e. The van der Waals surface area contributed by atoms with E-state index in [1.54, 1.807) is 11.6 Å². The topological polar surface area (TPSA) is 22.2 Å². The van der Waals surface area contributed by atoms with Crippen molar-refractivity contribution in [2.45, 2.75) is 13.8 Å². The van der Waals surface area contributed by atoms with Gasteiger partial charge >= 0.3 is 5.82 Å². The summed E-state index contributed by atoms with van der Waals surface area (Å²) in [4.78, 5) is 3.29. The van der Waals surface area contributed by atoms with Crippen molar-refractivity contribution >= 4 is 5.82 Å². The second kappa shape index (κ2) is 3.11. The Morgan fingerprint density at radius 3 is 2.75 bits per heavy atom. The first-order chi connectivity index (χ1) is 5.70. The van der Waals surface area contributed by atoms with Crippen LogP contribution in [0.3, 0.4) is 0 Å². The van der Waals surface area contributed by atoms with Gasteiger partial charge in [-0.2, -0.15) is 4.68 Å². The molecule has 0 bridgehead atoms. The maximum atomic E-state index is 6.85. The van der Waals surface area contributed by atoms with Crippen molar-refractivity contribution in [1.29, 1.82) is 0 Å². The molecule has 0 spiro atoms. The zero-order valence-electron chi connectivity index (χ0n) is 7.34. The fourth-order valence-corrected chi connectivity index (χ4v) is 0.940. The van der Waals surface area contributed by atoms with Gasteiger partial charge in [0.1, 0.15) is 0 Å². The van der Waals surface area contributed by atoms with Crippen LogP contribution in [0, 0.1) is 25.3 Å². The van der Waals surface area contributed by atoms with Crippen molar-refractivity contribution in [1.82, 2.24) is 9.78 Å². The van der Waals surface area contributed by atoms with Crippen molar-refractivity contribution in [2.24, 2.45) is 7.05 Å². The number of aryl methyl sites for hydroxylation is 1. The minimum Gasteiger partial charge on any atom is -0.358 e. The Morgan fingerprint density at radius 1 is 1.58 bits per heavy atom. The smallest absolute Gasteiger partial charge is 0.311 e. The molecular weight excluding hydrogens is 150 g/mol. The summed E-state index contributed by atoms with van der Waals surface area (Å²) >= 11 is 0. The third-order valence-corrected chi connectivity index (χ3v) is 1.67. The van der Waals surface area contributed by atoms with Crippen molar-refractivity contribution in [2.75, 3.05) is 0 Å². The van der Waals surface area contributed by atoms with Gasteiger partial charge in [-0.15, -0.1) is 5.92 Å². The Hall–Kier alpha value is -1.74. The summed E-state index contributed by atoms with van der Waals surface area (Å²) in [6, 6.07) is 0. The van der Waals surface area contributed by atoms with Crippen molar-refractivity contribution in [3.8, 4) is 11.8 Å². The average molecular weight is 159 g/mol. The van der Waals surface area contributed by atoms with Crippen LogP contribution >= 0.6 is 0 Å². The third-order valence-electron chi connectivity index (χ3n) is 1.67. The van der Waals surface area contributed by atoms with Gasteiger partial charge in [0.2, 0.25) is 0 Å². The van der Waals surface area contributed by atoms with Crippen LogP contribution < -0.4 is 0 Å². The fraction of sp³-hybridized carbons (Fsp3) is 0.333. The van der Waals surface area contributed by atoms with Gasteiger partial charge in [0, 0.05) is 7.05 Å². The summed E-state index contributed by atoms with van der Waals surface area (Å²) < 4.78 is 1.67. The van der Waals surface area contributed by atoms with Crippen LogP contribution in [0.4, 0.5) is 5.82 Å². The number of aromatic nitrogens is 2. The maximum absolute atomic E-state index is 6.85. The second-order valence-electron chi connectivity index (χ2n) is 2.39. The van der Waals surface area contributed by atoms with E-state index in [1.165, 1.54) is 0 Å². The average Bonchev–Trinajstić information content (AvgIpc) is 2.33. The molecular formula is C9H9N3. The fourth-order valence-electron chi connectivity index (χ4n) is 0.940. The second-order valence-corrected chi connectivity index (χ2v) is 2.39. The van der Waals surface area contributed by atoms with Crippen molar-refractivity contribution < 1.29 is 0 Å². The molecule has 0 fully saturated rings. The van der Waals surface area contributed by atoms with Crippen molar-refractivity contribution in [3.63, 3.8) is 0 Å². The summed E-state index contributed by atoms with van der Waals surface area (Å²) in [5.74, 6) is 6.03. The molecule has 0 atom stereocenters. The molecule has 0 aliphatic heterocycles. The van der Waals surface area contributed by atoms with Gasteiger partial charge in [-0.3, -0.25) is 0 Å². The number of rotatable bonds is 0. The van der Waals surface area contributed by atoms with E-state index in [0.717, 1.165) is 11.3 Å². The summed E-state index contributed by atoms with van der Waals surface area (Å²) in [6.45, 7) is 10.5. The molecule has 1 heterocycles. The molecule has 0 aromatic carbocycles. The maximum Gasteiger partial charge on any atom is 0.311 e. The van der Waals surface area contributed by atoms with Gasteiger partial charge in [0.05, 0.1) is 11.3 Å². The Bertz CT molecular complexity index is 396. The first kappa shape index (κ1) is 8.36. The Kier molecular flexibility index (Phi) is 2.16. The van der Waals surface area contributed by atoms with Gasteiger partial charge in [-0.05, 0) is 18.9 Å². The molecule has 0 saturated heterocycles. The molecule has 12 heavy (non-hydrogen) atoms. The summed E-state index contributed by atoms with van der Waals surface area (Å²) in [5, 5.41) is 4.01. The molecule has 1 rings (SSSR count). The molecule has 0 aliphatic rings. The molecule has 0 aliphatic carbocycles. The predicted molar refractivity (Wildman–Crippen MR) is 46.8 cm³/mol. The van der Waals surface area contributed by atoms with E-state index < -0.39 is 0 Å². The van der Waals surface area contributed by atoms with E-state index in [9.17, 15) is 0 Å². The zero-order chi connectivity index (χ0) is 9.14. The number of hydrogen-bond donors (Lipinski definition) is 0. The van der Waals surface area contributed by atoms with Crippen LogP contribution in [0.25, 0.3) is 4.85 Å². The summed E-state index contributed by atoms with van der Waals surface area (Å²) in [5.41, 5.74) is 1.69. The lowest BCUT2D eigenvalue weighted by molar-refractivity contribution is 0.744. The number of nitrogens with zero attached hydrogens (tertiary/aromatic N) is 3. The Morgan fingerprint density at radius 2 is 2.25 bits per heavy atom. The highest BCUT2D eigenvalue weighted by atomic mass is 15.3. The number of hydrogen-bond acceptors (Lipinski definition) is 1. The molecule has 1 aromatic rings. The van der Waals surface area contributed by atoms with Gasteiger partial charge in [-0.25, -0.2) is 0 Å². The Labute approximate surface area is 71.8 Å². The van der Waals surface area contributed by atoms with Crippen LogP contribution in [0.15, 0.2) is 0 Å². The van der Waals surface area contributed by atoms with Crippen LogP contribution in [-0.2, 0) is 7.05 Å². The molecule has 0 radical (unpaired) electrons. The van der Waals surface area contributed by atoms with E-state index in [4.69, 9.17) is 6.57 Å². The minimum absolute atomic E-state index is 0.393. The highest BCUT2D eigenvalue weighted by Gasteiger charge is 2.11. The van der Waals surface area contributed by atoms with E-state index in [1.807, 2.05) is 14.0 Å². The van der Waals surface area contributed by atoms with E-state index >= 15 is 0 Å².